The predicted molar refractivity (Wildman–Crippen MR) is 100 cm³/mol. The minimum atomic E-state index is -0.0612. The first-order chi connectivity index (χ1) is 12.5. The van der Waals surface area contributed by atoms with Crippen molar-refractivity contribution in [3.63, 3.8) is 0 Å². The van der Waals surface area contributed by atoms with E-state index < -0.39 is 0 Å². The SMILES string of the molecule is CC(C)NC(=O)c1ccc2nnc([C@H]3CN(CC4CC4)CCN3C)n2c1. The molecule has 1 N–H and O–H groups in total. The second-order valence-corrected chi connectivity index (χ2v) is 8.03. The summed E-state index contributed by atoms with van der Waals surface area (Å²) in [4.78, 5) is 17.3. The van der Waals surface area contributed by atoms with Crippen molar-refractivity contribution in [2.45, 2.75) is 38.8 Å². The van der Waals surface area contributed by atoms with Gasteiger partial charge in [-0.15, -0.1) is 10.2 Å². The van der Waals surface area contributed by atoms with E-state index in [0.29, 0.717) is 5.56 Å². The average Bonchev–Trinajstić information content (AvgIpc) is 3.32. The van der Waals surface area contributed by atoms with E-state index in [1.54, 1.807) is 0 Å². The number of piperazine rings is 1. The first kappa shape index (κ1) is 17.4. The van der Waals surface area contributed by atoms with Crippen LogP contribution in [-0.4, -0.2) is 69.6 Å². The third-order valence-electron chi connectivity index (χ3n) is 5.35. The summed E-state index contributed by atoms with van der Waals surface area (Å²) in [6, 6.07) is 3.99. The Balaban J connectivity index is 1.61. The van der Waals surface area contributed by atoms with E-state index in [4.69, 9.17) is 0 Å². The smallest absolute Gasteiger partial charge is 0.252 e. The third kappa shape index (κ3) is 3.59. The van der Waals surface area contributed by atoms with Gasteiger partial charge >= 0.3 is 0 Å². The van der Waals surface area contributed by atoms with Gasteiger partial charge in [-0.2, -0.15) is 0 Å². The fraction of sp³-hybridized carbons (Fsp3) is 0.632. The molecule has 26 heavy (non-hydrogen) atoms. The summed E-state index contributed by atoms with van der Waals surface area (Å²) in [5, 5.41) is 11.7. The molecule has 0 aromatic carbocycles. The molecule has 4 rings (SSSR count). The van der Waals surface area contributed by atoms with E-state index in [9.17, 15) is 4.79 Å². The average molecular weight is 356 g/mol. The lowest BCUT2D eigenvalue weighted by molar-refractivity contribution is 0.0869. The molecule has 3 heterocycles. The highest BCUT2D eigenvalue weighted by Crippen LogP contribution is 2.32. The van der Waals surface area contributed by atoms with Crippen molar-refractivity contribution in [3.05, 3.63) is 29.7 Å². The zero-order valence-electron chi connectivity index (χ0n) is 15.9. The summed E-state index contributed by atoms with van der Waals surface area (Å²) >= 11 is 0. The molecule has 0 radical (unpaired) electrons. The molecule has 0 bridgehead atoms. The lowest BCUT2D eigenvalue weighted by Gasteiger charge is -2.38. The molecular weight excluding hydrogens is 328 g/mol. The zero-order valence-corrected chi connectivity index (χ0v) is 15.9. The predicted octanol–water partition coefficient (Wildman–Crippen LogP) is 1.57. The maximum atomic E-state index is 12.4. The molecule has 2 aliphatic rings. The second kappa shape index (κ2) is 6.96. The van der Waals surface area contributed by atoms with E-state index in [-0.39, 0.29) is 18.0 Å². The lowest BCUT2D eigenvalue weighted by Crippen LogP contribution is -2.47. The van der Waals surface area contributed by atoms with Crippen LogP contribution in [0.5, 0.6) is 0 Å². The van der Waals surface area contributed by atoms with Gasteiger partial charge in [0.05, 0.1) is 11.6 Å². The number of nitrogens with zero attached hydrogens (tertiary/aromatic N) is 5. The van der Waals surface area contributed by atoms with Crippen LogP contribution in [0.4, 0.5) is 0 Å². The Morgan fingerprint density at radius 1 is 1.27 bits per heavy atom. The summed E-state index contributed by atoms with van der Waals surface area (Å²) in [7, 11) is 2.15. The molecule has 1 aliphatic carbocycles. The Kier molecular flexibility index (Phi) is 4.67. The molecule has 1 aliphatic heterocycles. The first-order valence-corrected chi connectivity index (χ1v) is 9.59. The van der Waals surface area contributed by atoms with Crippen LogP contribution in [0.2, 0.25) is 0 Å². The molecule has 140 valence electrons. The van der Waals surface area contributed by atoms with Crippen LogP contribution in [0.15, 0.2) is 18.3 Å². The molecule has 2 fully saturated rings. The van der Waals surface area contributed by atoms with Crippen LogP contribution in [0.25, 0.3) is 5.65 Å². The molecular formula is C19H28N6O. The van der Waals surface area contributed by atoms with Gasteiger partial charge in [0.25, 0.3) is 5.91 Å². The van der Waals surface area contributed by atoms with Crippen molar-refractivity contribution in [1.29, 1.82) is 0 Å². The van der Waals surface area contributed by atoms with Gasteiger partial charge in [0.15, 0.2) is 11.5 Å². The summed E-state index contributed by atoms with van der Waals surface area (Å²) < 4.78 is 1.98. The van der Waals surface area contributed by atoms with Gasteiger partial charge in [-0.3, -0.25) is 19.0 Å². The van der Waals surface area contributed by atoms with Crippen molar-refractivity contribution in [2.75, 3.05) is 33.2 Å². The van der Waals surface area contributed by atoms with Crippen molar-refractivity contribution < 1.29 is 4.79 Å². The van der Waals surface area contributed by atoms with Crippen LogP contribution < -0.4 is 5.32 Å². The first-order valence-electron chi connectivity index (χ1n) is 9.59. The number of rotatable bonds is 5. The maximum Gasteiger partial charge on any atom is 0.252 e. The van der Waals surface area contributed by atoms with Gasteiger partial charge in [-0.25, -0.2) is 0 Å². The summed E-state index contributed by atoms with van der Waals surface area (Å²) in [6.45, 7) is 8.24. The number of nitrogens with one attached hydrogen (secondary N) is 1. The van der Waals surface area contributed by atoms with Crippen LogP contribution in [0.1, 0.15) is 48.9 Å². The van der Waals surface area contributed by atoms with E-state index in [1.165, 1.54) is 19.4 Å². The number of pyridine rings is 1. The lowest BCUT2D eigenvalue weighted by atomic mass is 10.1. The largest absolute Gasteiger partial charge is 0.350 e. The molecule has 7 heteroatoms. The Morgan fingerprint density at radius 3 is 2.81 bits per heavy atom. The van der Waals surface area contributed by atoms with E-state index in [1.807, 2.05) is 36.6 Å². The number of amides is 1. The van der Waals surface area contributed by atoms with Crippen molar-refractivity contribution in [1.82, 2.24) is 29.7 Å². The Labute approximate surface area is 154 Å². The zero-order chi connectivity index (χ0) is 18.3. The molecule has 1 atom stereocenters. The van der Waals surface area contributed by atoms with Gasteiger partial charge in [-0.05, 0) is 51.8 Å². The molecule has 1 amide bonds. The standard InChI is InChI=1S/C19H28N6O/c1-13(2)20-19(26)15-6-7-17-21-22-18(25(17)11-15)16-12-24(9-8-23(16)3)10-14-4-5-14/h6-7,11,13-14,16H,4-5,8-10,12H2,1-3H3,(H,20,26)/t16-/m1/s1. The van der Waals surface area contributed by atoms with Gasteiger partial charge in [-0.1, -0.05) is 0 Å². The third-order valence-corrected chi connectivity index (χ3v) is 5.35. The Hall–Kier alpha value is -1.99. The molecule has 1 saturated heterocycles. The van der Waals surface area contributed by atoms with E-state index in [2.05, 4.69) is 32.4 Å². The molecule has 1 saturated carbocycles. The quantitative estimate of drug-likeness (QED) is 0.881. The van der Waals surface area contributed by atoms with Gasteiger partial charge in [0.1, 0.15) is 0 Å². The van der Waals surface area contributed by atoms with Crippen molar-refractivity contribution in [3.8, 4) is 0 Å². The molecule has 0 unspecified atom stereocenters. The van der Waals surface area contributed by atoms with E-state index in [0.717, 1.165) is 37.0 Å². The fourth-order valence-electron chi connectivity index (χ4n) is 3.66. The minimum Gasteiger partial charge on any atom is -0.350 e. The topological polar surface area (TPSA) is 65.8 Å². The number of likely N-dealkylation sites (N-methyl/N-ethyl adjacent to an activating group) is 1. The normalized spacial score (nSPS) is 22.2. The monoisotopic (exact) mass is 356 g/mol. The van der Waals surface area contributed by atoms with Gasteiger partial charge < -0.3 is 5.32 Å². The number of aromatic nitrogens is 3. The molecule has 2 aromatic rings. The van der Waals surface area contributed by atoms with Gasteiger partial charge in [0.2, 0.25) is 0 Å². The number of fused-ring (bicyclic) bond motifs is 1. The van der Waals surface area contributed by atoms with Crippen LogP contribution in [0, 0.1) is 5.92 Å². The summed E-state index contributed by atoms with van der Waals surface area (Å²) in [5.41, 5.74) is 1.43. The minimum absolute atomic E-state index is 0.0612. The van der Waals surface area contributed by atoms with Crippen LogP contribution in [0.3, 0.4) is 0 Å². The number of carbonyl (C=O) groups is 1. The van der Waals surface area contributed by atoms with Gasteiger partial charge in [0, 0.05) is 38.4 Å². The molecule has 7 nitrogen and oxygen atoms in total. The molecule has 0 spiro atoms. The summed E-state index contributed by atoms with van der Waals surface area (Å²) in [5.74, 6) is 1.75. The number of hydrogen-bond acceptors (Lipinski definition) is 5. The second-order valence-electron chi connectivity index (χ2n) is 8.03. The highest BCUT2D eigenvalue weighted by molar-refractivity contribution is 5.94. The number of hydrogen-bond donors (Lipinski definition) is 1. The maximum absolute atomic E-state index is 12.4. The molecule has 2 aromatic heterocycles. The number of carbonyl (C=O) groups excluding carboxylic acids is 1. The van der Waals surface area contributed by atoms with E-state index >= 15 is 0 Å². The van der Waals surface area contributed by atoms with Crippen molar-refractivity contribution >= 4 is 11.6 Å². The Bertz CT molecular complexity index is 796. The highest BCUT2D eigenvalue weighted by atomic mass is 16.1. The summed E-state index contributed by atoms with van der Waals surface area (Å²) in [6.07, 6.45) is 4.62. The highest BCUT2D eigenvalue weighted by Gasteiger charge is 2.32. The van der Waals surface area contributed by atoms with Crippen molar-refractivity contribution in [2.24, 2.45) is 5.92 Å². The fourth-order valence-corrected chi connectivity index (χ4v) is 3.66. The van der Waals surface area contributed by atoms with Crippen LogP contribution >= 0.6 is 0 Å². The Morgan fingerprint density at radius 2 is 2.08 bits per heavy atom. The van der Waals surface area contributed by atoms with Crippen LogP contribution in [-0.2, 0) is 0 Å².